The first-order valence-corrected chi connectivity index (χ1v) is 8.32. The van der Waals surface area contributed by atoms with Gasteiger partial charge in [-0.2, -0.15) is 8.78 Å². The Balaban J connectivity index is 2.16. The summed E-state index contributed by atoms with van der Waals surface area (Å²) in [5.41, 5.74) is 0.230. The number of alkyl halides is 2. The summed E-state index contributed by atoms with van der Waals surface area (Å²) < 4.78 is 48.9. The highest BCUT2D eigenvalue weighted by Crippen LogP contribution is 2.38. The molecule has 142 valence electrons. The van der Waals surface area contributed by atoms with Crippen LogP contribution in [0.15, 0.2) is 24.3 Å². The largest absolute Gasteiger partial charge is 0.505 e. The maximum atomic E-state index is 13.9. The van der Waals surface area contributed by atoms with Gasteiger partial charge < -0.3 is 14.6 Å². The topological polar surface area (TPSA) is 77.8 Å². The molecule has 6 nitrogen and oxygen atoms in total. The van der Waals surface area contributed by atoms with Gasteiger partial charge in [0.15, 0.2) is 22.4 Å². The van der Waals surface area contributed by atoms with Gasteiger partial charge in [0, 0.05) is 18.4 Å². The van der Waals surface area contributed by atoms with Crippen molar-refractivity contribution < 1.29 is 37.3 Å². The van der Waals surface area contributed by atoms with E-state index >= 15 is 0 Å². The lowest BCUT2D eigenvalue weighted by molar-refractivity contribution is -0.131. The van der Waals surface area contributed by atoms with Crippen molar-refractivity contribution >= 4 is 34.1 Å². The normalized spacial score (nSPS) is 11.2. The highest BCUT2D eigenvalue weighted by atomic mass is 32.1. The molecule has 0 saturated heterocycles. The number of phenolic OH excluding ortho intramolecular Hbond substituents is 1. The van der Waals surface area contributed by atoms with Crippen LogP contribution in [-0.4, -0.2) is 28.2 Å². The van der Waals surface area contributed by atoms with Gasteiger partial charge in [-0.25, -0.2) is 4.39 Å². The van der Waals surface area contributed by atoms with Crippen LogP contribution in [0.25, 0.3) is 10.9 Å². The van der Waals surface area contributed by atoms with E-state index in [0.717, 1.165) is 23.6 Å². The van der Waals surface area contributed by atoms with E-state index in [1.54, 1.807) is 0 Å². The Hall–Kier alpha value is -3.01. The fourth-order valence-corrected chi connectivity index (χ4v) is 3.41. The Morgan fingerprint density at radius 3 is 2.59 bits per heavy atom. The fourth-order valence-electron chi connectivity index (χ4n) is 2.63. The van der Waals surface area contributed by atoms with Crippen LogP contribution in [0.4, 0.5) is 13.2 Å². The molecule has 0 radical (unpaired) electrons. The summed E-state index contributed by atoms with van der Waals surface area (Å²) in [5, 5.41) is 9.61. The van der Waals surface area contributed by atoms with Crippen LogP contribution in [0.3, 0.4) is 0 Å². The first-order chi connectivity index (χ1) is 12.7. The second kappa shape index (κ2) is 6.95. The van der Waals surface area contributed by atoms with Crippen molar-refractivity contribution in [1.29, 1.82) is 0 Å². The lowest BCUT2D eigenvalue weighted by Crippen LogP contribution is -2.12. The molecule has 1 N–H and O–H groups in total. The van der Waals surface area contributed by atoms with Crippen LogP contribution >= 0.6 is 11.3 Å². The number of aromatic hydroxyl groups is 1. The van der Waals surface area contributed by atoms with Crippen LogP contribution in [0.2, 0.25) is 0 Å². The second-order valence-corrected chi connectivity index (χ2v) is 6.51. The average molecular weight is 399 g/mol. The molecule has 0 aliphatic heterocycles. The molecule has 1 aromatic carbocycles. The number of hydrogen-bond acceptors (Lipinski definition) is 6. The zero-order valence-electron chi connectivity index (χ0n) is 14.0. The van der Waals surface area contributed by atoms with Crippen molar-refractivity contribution in [1.82, 2.24) is 4.57 Å². The molecule has 0 saturated carbocycles. The highest BCUT2D eigenvalue weighted by molar-refractivity contribution is 7.15. The summed E-state index contributed by atoms with van der Waals surface area (Å²) in [6.45, 7) is -0.413. The summed E-state index contributed by atoms with van der Waals surface area (Å²) >= 11 is 0.688. The Labute approximate surface area is 154 Å². The molecule has 0 fully saturated rings. The standard InChI is InChI=1S/C17H12F3NO5S/c1-7-15(25-8(2)22)9-5-12(23)10(18)6-11(9)21(7)16(24)13-3-4-14(27-13)26-17(19)20/h3-6,17,23H,1-2H3. The number of carbonyl (C=O) groups is 2. The molecule has 0 atom stereocenters. The van der Waals surface area contributed by atoms with E-state index in [9.17, 15) is 27.9 Å². The van der Waals surface area contributed by atoms with Gasteiger partial charge in [-0.15, -0.1) is 0 Å². The number of esters is 1. The lowest BCUT2D eigenvalue weighted by atomic mass is 10.2. The fraction of sp³-hybridized carbons (Fsp3) is 0.176. The van der Waals surface area contributed by atoms with E-state index < -0.39 is 30.1 Å². The van der Waals surface area contributed by atoms with Gasteiger partial charge in [0.25, 0.3) is 5.91 Å². The van der Waals surface area contributed by atoms with Crippen molar-refractivity contribution in [2.24, 2.45) is 0 Å². The molecular weight excluding hydrogens is 387 g/mol. The van der Waals surface area contributed by atoms with Crippen molar-refractivity contribution in [3.05, 3.63) is 40.7 Å². The smallest absolute Gasteiger partial charge is 0.388 e. The summed E-state index contributed by atoms with van der Waals surface area (Å²) in [6.07, 6.45) is 0. The molecule has 0 aliphatic rings. The van der Waals surface area contributed by atoms with Crippen molar-refractivity contribution in [2.45, 2.75) is 20.5 Å². The quantitative estimate of drug-likeness (QED) is 0.669. The number of fused-ring (bicyclic) bond motifs is 1. The van der Waals surface area contributed by atoms with Gasteiger partial charge in [0.1, 0.15) is 0 Å². The number of rotatable bonds is 4. The number of thiophene rings is 1. The first kappa shape index (κ1) is 18.8. The number of phenols is 1. The molecule has 10 heteroatoms. The minimum absolute atomic E-state index is 0.0123. The van der Waals surface area contributed by atoms with E-state index in [-0.39, 0.29) is 32.3 Å². The van der Waals surface area contributed by atoms with E-state index in [1.807, 2.05) is 0 Å². The van der Waals surface area contributed by atoms with Crippen molar-refractivity contribution in [3.8, 4) is 16.6 Å². The lowest BCUT2D eigenvalue weighted by Gasteiger charge is -2.06. The Bertz CT molecular complexity index is 1060. The number of nitrogens with zero attached hydrogens (tertiary/aromatic N) is 1. The molecule has 0 aliphatic carbocycles. The zero-order valence-corrected chi connectivity index (χ0v) is 14.8. The number of aromatic nitrogens is 1. The van der Waals surface area contributed by atoms with Crippen LogP contribution < -0.4 is 9.47 Å². The summed E-state index contributed by atoms with van der Waals surface area (Å²) in [7, 11) is 0. The third-order valence-corrected chi connectivity index (χ3v) is 4.63. The number of hydrogen-bond donors (Lipinski definition) is 1. The summed E-state index contributed by atoms with van der Waals surface area (Å²) in [5.74, 6) is -2.99. The molecule has 0 unspecified atom stereocenters. The minimum atomic E-state index is -3.03. The Kier molecular flexibility index (Phi) is 4.83. The average Bonchev–Trinajstić information content (AvgIpc) is 3.11. The number of carbonyl (C=O) groups excluding carboxylic acids is 2. The number of benzene rings is 1. The van der Waals surface area contributed by atoms with Crippen molar-refractivity contribution in [2.75, 3.05) is 0 Å². The maximum Gasteiger partial charge on any atom is 0.388 e. The predicted octanol–water partition coefficient (Wildman–Crippen LogP) is 4.07. The third kappa shape index (κ3) is 3.47. The number of ether oxygens (including phenoxy) is 2. The SMILES string of the molecule is CC(=O)Oc1c(C)n(C(=O)c2ccc(OC(F)F)s2)c2cc(F)c(O)cc12. The minimum Gasteiger partial charge on any atom is -0.505 e. The molecule has 3 aromatic rings. The highest BCUT2D eigenvalue weighted by Gasteiger charge is 2.25. The Morgan fingerprint density at radius 2 is 1.96 bits per heavy atom. The molecule has 2 aromatic heterocycles. The molecular formula is C17H12F3NO5S. The van der Waals surface area contributed by atoms with Crippen LogP contribution in [-0.2, 0) is 4.79 Å². The van der Waals surface area contributed by atoms with E-state index in [2.05, 4.69) is 4.74 Å². The van der Waals surface area contributed by atoms with Gasteiger partial charge >= 0.3 is 12.6 Å². The Morgan fingerprint density at radius 1 is 1.26 bits per heavy atom. The van der Waals surface area contributed by atoms with Gasteiger partial charge in [-0.1, -0.05) is 11.3 Å². The third-order valence-electron chi connectivity index (χ3n) is 3.66. The van der Waals surface area contributed by atoms with Crippen LogP contribution in [0.1, 0.15) is 22.3 Å². The molecule has 2 heterocycles. The maximum absolute atomic E-state index is 13.9. The molecule has 0 amide bonds. The molecule has 27 heavy (non-hydrogen) atoms. The molecule has 0 spiro atoms. The van der Waals surface area contributed by atoms with Crippen LogP contribution in [0.5, 0.6) is 16.6 Å². The predicted molar refractivity (Wildman–Crippen MR) is 90.3 cm³/mol. The number of halogens is 3. The summed E-state index contributed by atoms with van der Waals surface area (Å²) in [6, 6.07) is 4.47. The monoisotopic (exact) mass is 399 g/mol. The van der Waals surface area contributed by atoms with E-state index in [0.29, 0.717) is 11.3 Å². The van der Waals surface area contributed by atoms with E-state index in [1.165, 1.54) is 19.1 Å². The molecule has 0 bridgehead atoms. The van der Waals surface area contributed by atoms with E-state index in [4.69, 9.17) is 4.74 Å². The first-order valence-electron chi connectivity index (χ1n) is 7.50. The van der Waals surface area contributed by atoms with Gasteiger partial charge in [0.05, 0.1) is 16.1 Å². The van der Waals surface area contributed by atoms with Crippen LogP contribution in [0, 0.1) is 12.7 Å². The molecule has 3 rings (SSSR count). The second-order valence-electron chi connectivity index (χ2n) is 5.47. The van der Waals surface area contributed by atoms with Gasteiger partial charge in [-0.3, -0.25) is 14.2 Å². The van der Waals surface area contributed by atoms with Gasteiger partial charge in [-0.05, 0) is 25.1 Å². The summed E-state index contributed by atoms with van der Waals surface area (Å²) in [4.78, 5) is 24.3. The zero-order chi connectivity index (χ0) is 19.9. The van der Waals surface area contributed by atoms with Crippen molar-refractivity contribution in [3.63, 3.8) is 0 Å². The van der Waals surface area contributed by atoms with Gasteiger partial charge in [0.2, 0.25) is 0 Å².